The van der Waals surface area contributed by atoms with Crippen molar-refractivity contribution in [2.24, 2.45) is 0 Å². The van der Waals surface area contributed by atoms with Gasteiger partial charge >= 0.3 is 0 Å². The molecule has 0 bridgehead atoms. The molecule has 0 aliphatic carbocycles. The monoisotopic (exact) mass is 252 g/mol. The molecule has 0 saturated heterocycles. The Morgan fingerprint density at radius 3 is 2.65 bits per heavy atom. The molecule has 94 valence electrons. The molecule has 0 amide bonds. The molecule has 1 rings (SSSR count). The standard InChI is InChI=1S/C13H20N2OS/c1-9(16)11-7-10(5-6-12(11)14)15-8-13(2,3)17-4/h5-7,15H,8,14H2,1-4H3. The summed E-state index contributed by atoms with van der Waals surface area (Å²) >= 11 is 1.81. The predicted octanol–water partition coefficient (Wildman–Crippen LogP) is 3.02. The van der Waals surface area contributed by atoms with Crippen LogP contribution in [0.1, 0.15) is 31.1 Å². The second kappa shape index (κ2) is 5.45. The van der Waals surface area contributed by atoms with Crippen molar-refractivity contribution in [3.63, 3.8) is 0 Å². The summed E-state index contributed by atoms with van der Waals surface area (Å²) in [5, 5.41) is 3.33. The minimum absolute atomic E-state index is 0.00437. The Kier molecular flexibility index (Phi) is 4.46. The fourth-order valence-corrected chi connectivity index (χ4v) is 1.57. The number of rotatable bonds is 5. The van der Waals surface area contributed by atoms with Gasteiger partial charge in [-0.15, -0.1) is 0 Å². The lowest BCUT2D eigenvalue weighted by Crippen LogP contribution is -2.25. The van der Waals surface area contributed by atoms with Crippen LogP contribution >= 0.6 is 11.8 Å². The van der Waals surface area contributed by atoms with Crippen molar-refractivity contribution in [1.29, 1.82) is 0 Å². The lowest BCUT2D eigenvalue weighted by atomic mass is 10.1. The number of hydrogen-bond donors (Lipinski definition) is 2. The maximum Gasteiger partial charge on any atom is 0.161 e. The van der Waals surface area contributed by atoms with Crippen LogP contribution in [0, 0.1) is 0 Å². The topological polar surface area (TPSA) is 55.1 Å². The van der Waals surface area contributed by atoms with Crippen LogP contribution in [0.25, 0.3) is 0 Å². The maximum absolute atomic E-state index is 11.4. The van der Waals surface area contributed by atoms with Crippen molar-refractivity contribution in [1.82, 2.24) is 0 Å². The van der Waals surface area contributed by atoms with Gasteiger partial charge in [-0.1, -0.05) is 0 Å². The molecule has 0 aliphatic rings. The van der Waals surface area contributed by atoms with Crippen LogP contribution in [0.3, 0.4) is 0 Å². The van der Waals surface area contributed by atoms with Crippen molar-refractivity contribution in [2.75, 3.05) is 23.9 Å². The fraction of sp³-hybridized carbons (Fsp3) is 0.462. The van der Waals surface area contributed by atoms with E-state index in [2.05, 4.69) is 25.4 Å². The van der Waals surface area contributed by atoms with Crippen molar-refractivity contribution in [2.45, 2.75) is 25.5 Å². The number of benzene rings is 1. The Morgan fingerprint density at radius 2 is 2.12 bits per heavy atom. The molecule has 0 fully saturated rings. The van der Waals surface area contributed by atoms with Gasteiger partial charge in [0.05, 0.1) is 0 Å². The Balaban J connectivity index is 2.80. The largest absolute Gasteiger partial charge is 0.398 e. The molecule has 1 aromatic rings. The minimum Gasteiger partial charge on any atom is -0.398 e. The number of hydrogen-bond acceptors (Lipinski definition) is 4. The van der Waals surface area contributed by atoms with E-state index in [0.717, 1.165) is 12.2 Å². The average Bonchev–Trinajstić information content (AvgIpc) is 2.27. The molecule has 0 unspecified atom stereocenters. The smallest absolute Gasteiger partial charge is 0.161 e. The van der Waals surface area contributed by atoms with Crippen molar-refractivity contribution in [3.05, 3.63) is 23.8 Å². The summed E-state index contributed by atoms with van der Waals surface area (Å²) < 4.78 is 0.164. The van der Waals surface area contributed by atoms with Crippen molar-refractivity contribution in [3.8, 4) is 0 Å². The predicted molar refractivity (Wildman–Crippen MR) is 76.9 cm³/mol. The van der Waals surface area contributed by atoms with Gasteiger partial charge in [-0.3, -0.25) is 4.79 Å². The molecule has 0 radical (unpaired) electrons. The first kappa shape index (κ1) is 13.9. The number of nitrogens with two attached hydrogens (primary N) is 1. The quantitative estimate of drug-likeness (QED) is 0.625. The number of carbonyl (C=O) groups excluding carboxylic acids is 1. The van der Waals surface area contributed by atoms with Gasteiger partial charge in [-0.05, 0) is 45.2 Å². The number of Topliss-reactive ketones (excluding diaryl/α,β-unsaturated/α-hetero) is 1. The minimum atomic E-state index is -0.00437. The molecule has 0 aliphatic heterocycles. The van der Waals surface area contributed by atoms with E-state index in [-0.39, 0.29) is 10.5 Å². The number of ketones is 1. The van der Waals surface area contributed by atoms with Gasteiger partial charge in [-0.25, -0.2) is 0 Å². The summed E-state index contributed by atoms with van der Waals surface area (Å²) in [6, 6.07) is 5.48. The molecule has 17 heavy (non-hydrogen) atoms. The van der Waals surface area contributed by atoms with E-state index in [0.29, 0.717) is 11.3 Å². The maximum atomic E-state index is 11.4. The van der Waals surface area contributed by atoms with E-state index in [1.165, 1.54) is 6.92 Å². The highest BCUT2D eigenvalue weighted by Crippen LogP contribution is 2.23. The molecular weight excluding hydrogens is 232 g/mol. The van der Waals surface area contributed by atoms with Crippen molar-refractivity contribution >= 4 is 28.9 Å². The number of thioether (sulfide) groups is 1. The van der Waals surface area contributed by atoms with Gasteiger partial charge in [0.15, 0.2) is 5.78 Å². The zero-order valence-electron chi connectivity index (χ0n) is 10.8. The Labute approximate surface area is 107 Å². The third-order valence-corrected chi connectivity index (χ3v) is 3.95. The molecule has 0 aromatic heterocycles. The molecule has 4 heteroatoms. The number of nitrogens with one attached hydrogen (secondary N) is 1. The molecule has 3 N–H and O–H groups in total. The first-order valence-corrected chi connectivity index (χ1v) is 6.78. The second-order valence-corrected chi connectivity index (χ2v) is 6.19. The molecule has 0 heterocycles. The normalized spacial score (nSPS) is 11.3. The zero-order chi connectivity index (χ0) is 13.1. The third-order valence-electron chi connectivity index (χ3n) is 2.70. The van der Waals surface area contributed by atoms with E-state index in [1.807, 2.05) is 12.1 Å². The van der Waals surface area contributed by atoms with Gasteiger partial charge in [0.1, 0.15) is 0 Å². The zero-order valence-corrected chi connectivity index (χ0v) is 11.6. The van der Waals surface area contributed by atoms with E-state index in [1.54, 1.807) is 17.8 Å². The first-order chi connectivity index (χ1) is 7.85. The van der Waals surface area contributed by atoms with Gasteiger partial charge in [0, 0.05) is 28.2 Å². The van der Waals surface area contributed by atoms with Crippen LogP contribution in [0.15, 0.2) is 18.2 Å². The highest BCUT2D eigenvalue weighted by molar-refractivity contribution is 7.99. The van der Waals surface area contributed by atoms with Crippen LogP contribution in [-0.2, 0) is 0 Å². The summed E-state index contributed by atoms with van der Waals surface area (Å²) in [7, 11) is 0. The van der Waals surface area contributed by atoms with E-state index in [4.69, 9.17) is 5.73 Å². The van der Waals surface area contributed by atoms with Crippen LogP contribution in [0.4, 0.5) is 11.4 Å². The summed E-state index contributed by atoms with van der Waals surface area (Å²) in [6.45, 7) is 6.72. The molecule has 0 atom stereocenters. The SMILES string of the molecule is CSC(C)(C)CNc1ccc(N)c(C(C)=O)c1. The molecular formula is C13H20N2OS. The van der Waals surface area contributed by atoms with E-state index < -0.39 is 0 Å². The summed E-state index contributed by atoms with van der Waals surface area (Å²) in [4.78, 5) is 11.4. The third kappa shape index (κ3) is 3.97. The van der Waals surface area contributed by atoms with E-state index in [9.17, 15) is 4.79 Å². The Bertz CT molecular complexity index is 416. The van der Waals surface area contributed by atoms with Gasteiger partial charge in [-0.2, -0.15) is 11.8 Å². The number of nitrogen functional groups attached to an aromatic ring is 1. The van der Waals surface area contributed by atoms with Gasteiger partial charge < -0.3 is 11.1 Å². The molecule has 0 spiro atoms. The van der Waals surface area contributed by atoms with Crippen LogP contribution in [0.5, 0.6) is 0 Å². The van der Waals surface area contributed by atoms with E-state index >= 15 is 0 Å². The average molecular weight is 252 g/mol. The number of carbonyl (C=O) groups is 1. The Hall–Kier alpha value is -1.16. The van der Waals surface area contributed by atoms with Gasteiger partial charge in [0.2, 0.25) is 0 Å². The fourth-order valence-electron chi connectivity index (χ4n) is 1.36. The van der Waals surface area contributed by atoms with Gasteiger partial charge in [0.25, 0.3) is 0 Å². The Morgan fingerprint density at radius 1 is 1.47 bits per heavy atom. The summed E-state index contributed by atoms with van der Waals surface area (Å²) in [6.07, 6.45) is 2.09. The highest BCUT2D eigenvalue weighted by atomic mass is 32.2. The van der Waals surface area contributed by atoms with Crippen LogP contribution in [-0.4, -0.2) is 23.3 Å². The first-order valence-electron chi connectivity index (χ1n) is 5.55. The van der Waals surface area contributed by atoms with Crippen LogP contribution < -0.4 is 11.1 Å². The van der Waals surface area contributed by atoms with Crippen LogP contribution in [0.2, 0.25) is 0 Å². The summed E-state index contributed by atoms with van der Waals surface area (Å²) in [5.41, 5.74) is 7.80. The molecule has 1 aromatic carbocycles. The number of anilines is 2. The summed E-state index contributed by atoms with van der Waals surface area (Å²) in [5.74, 6) is -0.00437. The van der Waals surface area contributed by atoms with Crippen molar-refractivity contribution < 1.29 is 4.79 Å². The molecule has 0 saturated carbocycles. The lowest BCUT2D eigenvalue weighted by molar-refractivity contribution is 0.101. The highest BCUT2D eigenvalue weighted by Gasteiger charge is 2.15. The second-order valence-electron chi connectivity index (χ2n) is 4.68. The lowest BCUT2D eigenvalue weighted by Gasteiger charge is -2.23. The molecule has 3 nitrogen and oxygen atoms in total.